The first-order valence-electron chi connectivity index (χ1n) is 10.5. The number of aromatic amines is 1. The van der Waals surface area contributed by atoms with Crippen LogP contribution in [-0.2, 0) is 22.3 Å². The van der Waals surface area contributed by atoms with Crippen LogP contribution in [0.5, 0.6) is 5.75 Å². The van der Waals surface area contributed by atoms with Crippen molar-refractivity contribution in [3.05, 3.63) is 70.0 Å². The van der Waals surface area contributed by atoms with E-state index in [0.717, 1.165) is 5.56 Å². The van der Waals surface area contributed by atoms with Gasteiger partial charge in [0.2, 0.25) is 5.56 Å². The lowest BCUT2D eigenvalue weighted by molar-refractivity contribution is 0.0752. The molecule has 1 unspecified atom stereocenters. The van der Waals surface area contributed by atoms with E-state index < -0.39 is 11.0 Å². The Bertz CT molecular complexity index is 1200. The first-order valence-corrected chi connectivity index (χ1v) is 11.6. The van der Waals surface area contributed by atoms with Crippen LogP contribution in [0.3, 0.4) is 0 Å². The summed E-state index contributed by atoms with van der Waals surface area (Å²) in [7, 11) is -1.38. The second-order valence-corrected chi connectivity index (χ2v) is 8.75. The van der Waals surface area contributed by atoms with Gasteiger partial charge in [-0.05, 0) is 31.2 Å². The normalized spacial score (nSPS) is 15.4. The number of para-hydroxylation sites is 1. The summed E-state index contributed by atoms with van der Waals surface area (Å²) in [4.78, 5) is 28.5. The van der Waals surface area contributed by atoms with Crippen molar-refractivity contribution in [1.29, 1.82) is 0 Å². The van der Waals surface area contributed by atoms with Crippen molar-refractivity contribution in [2.24, 2.45) is 0 Å². The number of pyridine rings is 1. The molecular weight excluding hydrogens is 430 g/mol. The molecule has 0 spiro atoms. The van der Waals surface area contributed by atoms with Crippen molar-refractivity contribution in [3.63, 3.8) is 0 Å². The highest BCUT2D eigenvalue weighted by atomic mass is 32.2. The van der Waals surface area contributed by atoms with Gasteiger partial charge in [0.05, 0.1) is 30.3 Å². The quantitative estimate of drug-likeness (QED) is 0.569. The molecule has 4 rings (SSSR count). The highest BCUT2D eigenvalue weighted by Crippen LogP contribution is 2.22. The van der Waals surface area contributed by atoms with Gasteiger partial charge >= 0.3 is 0 Å². The Balaban J connectivity index is 1.61. The van der Waals surface area contributed by atoms with E-state index in [4.69, 9.17) is 9.47 Å². The van der Waals surface area contributed by atoms with Gasteiger partial charge in [0, 0.05) is 42.2 Å². The van der Waals surface area contributed by atoms with E-state index in [-0.39, 0.29) is 23.6 Å². The van der Waals surface area contributed by atoms with Crippen LogP contribution in [0, 0.1) is 0 Å². The van der Waals surface area contributed by atoms with Crippen molar-refractivity contribution in [1.82, 2.24) is 14.6 Å². The number of ether oxygens (including phenoxy) is 2. The average molecular weight is 456 g/mol. The molecular formula is C23H25N3O5S. The Morgan fingerprint density at radius 1 is 1.19 bits per heavy atom. The summed E-state index contributed by atoms with van der Waals surface area (Å²) >= 11 is 0. The third-order valence-electron chi connectivity index (χ3n) is 5.18. The predicted octanol–water partition coefficient (Wildman–Crippen LogP) is 2.21. The molecule has 0 bridgehead atoms. The van der Waals surface area contributed by atoms with Gasteiger partial charge in [-0.25, -0.2) is 8.51 Å². The third-order valence-corrected chi connectivity index (χ3v) is 6.67. The molecule has 0 aliphatic carbocycles. The van der Waals surface area contributed by atoms with Crippen molar-refractivity contribution in [2.75, 3.05) is 32.9 Å². The fourth-order valence-electron chi connectivity index (χ4n) is 3.61. The van der Waals surface area contributed by atoms with E-state index in [0.29, 0.717) is 54.5 Å². The number of rotatable bonds is 7. The second-order valence-electron chi connectivity index (χ2n) is 7.27. The zero-order chi connectivity index (χ0) is 22.5. The van der Waals surface area contributed by atoms with E-state index in [1.165, 1.54) is 6.07 Å². The van der Waals surface area contributed by atoms with Crippen molar-refractivity contribution in [2.45, 2.75) is 18.4 Å². The summed E-state index contributed by atoms with van der Waals surface area (Å²) in [5.74, 6) is 0.316. The first kappa shape index (κ1) is 22.2. The van der Waals surface area contributed by atoms with Gasteiger partial charge in [-0.15, -0.1) is 0 Å². The summed E-state index contributed by atoms with van der Waals surface area (Å²) < 4.78 is 25.8. The van der Waals surface area contributed by atoms with Crippen LogP contribution in [0.25, 0.3) is 10.9 Å². The maximum atomic E-state index is 13.0. The molecule has 168 valence electrons. The number of amides is 1. The lowest BCUT2D eigenvalue weighted by Gasteiger charge is -2.25. The molecule has 1 fully saturated rings. The van der Waals surface area contributed by atoms with Crippen molar-refractivity contribution < 1.29 is 18.5 Å². The third kappa shape index (κ3) is 4.90. The highest BCUT2D eigenvalue weighted by molar-refractivity contribution is 7.82. The maximum absolute atomic E-state index is 13.0. The number of carbonyl (C=O) groups excluding carboxylic acids is 1. The molecule has 0 radical (unpaired) electrons. The number of nitrogens with one attached hydrogen (secondary N) is 2. The van der Waals surface area contributed by atoms with E-state index in [1.807, 2.05) is 35.5 Å². The summed E-state index contributed by atoms with van der Waals surface area (Å²) in [5, 5.41) is 3.41. The van der Waals surface area contributed by atoms with Crippen LogP contribution in [0.1, 0.15) is 22.8 Å². The minimum Gasteiger partial charge on any atom is -0.494 e. The summed E-state index contributed by atoms with van der Waals surface area (Å²) in [5.41, 5.74) is 1.21. The van der Waals surface area contributed by atoms with Gasteiger partial charge in [0.1, 0.15) is 16.7 Å². The standard InChI is InChI=1S/C23H25N3O5S/c1-2-31-21-6-4-3-5-16(21)15-24-23(28)19-14-22(27)25-20-8-7-17(13-18(19)20)32(29)26-9-11-30-12-10-26/h3-8,13-14H,2,9-12,15H2,1H3,(H,24,28)(H,25,27). The first-order chi connectivity index (χ1) is 15.6. The molecule has 2 aromatic carbocycles. The molecule has 1 amide bonds. The van der Waals surface area contributed by atoms with Crippen molar-refractivity contribution in [3.8, 4) is 5.75 Å². The monoisotopic (exact) mass is 455 g/mol. The average Bonchev–Trinajstić information content (AvgIpc) is 2.82. The predicted molar refractivity (Wildman–Crippen MR) is 122 cm³/mol. The van der Waals surface area contributed by atoms with Gasteiger partial charge in [0.15, 0.2) is 0 Å². The van der Waals surface area contributed by atoms with Gasteiger partial charge in [-0.1, -0.05) is 18.2 Å². The number of nitrogens with zero attached hydrogens (tertiary/aromatic N) is 1. The van der Waals surface area contributed by atoms with Gasteiger partial charge in [0.25, 0.3) is 5.91 Å². The number of benzene rings is 2. The Morgan fingerprint density at radius 3 is 2.75 bits per heavy atom. The molecule has 2 N–H and O–H groups in total. The number of hydrogen-bond acceptors (Lipinski definition) is 5. The Labute approximate surface area is 188 Å². The fourth-order valence-corrected chi connectivity index (χ4v) is 4.79. The maximum Gasteiger partial charge on any atom is 0.252 e. The zero-order valence-corrected chi connectivity index (χ0v) is 18.6. The van der Waals surface area contributed by atoms with Crippen LogP contribution in [-0.4, -0.2) is 52.3 Å². The van der Waals surface area contributed by atoms with Crippen molar-refractivity contribution >= 4 is 27.8 Å². The molecule has 3 aromatic rings. The molecule has 1 aromatic heterocycles. The molecule has 9 heteroatoms. The molecule has 2 heterocycles. The SMILES string of the molecule is CCOc1ccccc1CNC(=O)c1cc(=O)[nH]c2ccc(S(=O)N3CCOCC3)cc12. The van der Waals surface area contributed by atoms with Crippen LogP contribution in [0.15, 0.2) is 58.2 Å². The molecule has 1 aliphatic rings. The Kier molecular flexibility index (Phi) is 6.99. The minimum atomic E-state index is -1.38. The fraction of sp³-hybridized carbons (Fsp3) is 0.304. The largest absolute Gasteiger partial charge is 0.494 e. The summed E-state index contributed by atoms with van der Waals surface area (Å²) in [6.45, 7) is 4.88. The zero-order valence-electron chi connectivity index (χ0n) is 17.8. The van der Waals surface area contributed by atoms with E-state index >= 15 is 0 Å². The van der Waals surface area contributed by atoms with Gasteiger partial charge in [-0.3, -0.25) is 9.59 Å². The van der Waals surface area contributed by atoms with Gasteiger partial charge in [-0.2, -0.15) is 0 Å². The smallest absolute Gasteiger partial charge is 0.252 e. The van der Waals surface area contributed by atoms with Crippen LogP contribution >= 0.6 is 0 Å². The summed E-state index contributed by atoms with van der Waals surface area (Å²) in [6.07, 6.45) is 0. The minimum absolute atomic E-state index is 0.235. The highest BCUT2D eigenvalue weighted by Gasteiger charge is 2.20. The summed E-state index contributed by atoms with van der Waals surface area (Å²) in [6, 6.07) is 13.9. The van der Waals surface area contributed by atoms with Crippen LogP contribution in [0.4, 0.5) is 0 Å². The lowest BCUT2D eigenvalue weighted by Crippen LogP contribution is -2.37. The van der Waals surface area contributed by atoms with E-state index in [1.54, 1.807) is 18.2 Å². The van der Waals surface area contributed by atoms with E-state index in [2.05, 4.69) is 10.3 Å². The number of hydrogen-bond donors (Lipinski definition) is 2. The van der Waals surface area contributed by atoms with E-state index in [9.17, 15) is 13.8 Å². The topological polar surface area (TPSA) is 101 Å². The number of fused-ring (bicyclic) bond motifs is 1. The Hall–Kier alpha value is -3.01. The molecule has 1 saturated heterocycles. The Morgan fingerprint density at radius 2 is 1.97 bits per heavy atom. The number of H-pyrrole nitrogens is 1. The second kappa shape index (κ2) is 10.1. The molecule has 0 saturated carbocycles. The molecule has 32 heavy (non-hydrogen) atoms. The molecule has 1 atom stereocenters. The number of aromatic nitrogens is 1. The molecule has 8 nitrogen and oxygen atoms in total. The lowest BCUT2D eigenvalue weighted by atomic mass is 10.1. The van der Waals surface area contributed by atoms with Crippen LogP contribution in [0.2, 0.25) is 0 Å². The van der Waals surface area contributed by atoms with Gasteiger partial charge < -0.3 is 19.8 Å². The number of morpholine rings is 1. The molecule has 1 aliphatic heterocycles. The van der Waals surface area contributed by atoms with Crippen LogP contribution < -0.4 is 15.6 Å². The number of carbonyl (C=O) groups is 1.